The largest absolute Gasteiger partial charge is 0.382 e. The van der Waals surface area contributed by atoms with Gasteiger partial charge in [-0.15, -0.1) is 0 Å². The fourth-order valence-electron chi connectivity index (χ4n) is 1.94. The fraction of sp³-hybridized carbons (Fsp3) is 1.00. The monoisotopic (exact) mass is 202 g/mol. The second-order valence-corrected chi connectivity index (χ2v) is 3.96. The lowest BCUT2D eigenvalue weighted by atomic mass is 10.1. The van der Waals surface area contributed by atoms with Crippen LogP contribution in [-0.4, -0.2) is 58.0 Å². The summed E-state index contributed by atoms with van der Waals surface area (Å²) < 4.78 is 10.4. The van der Waals surface area contributed by atoms with E-state index in [1.165, 1.54) is 6.42 Å². The van der Waals surface area contributed by atoms with E-state index in [2.05, 4.69) is 4.90 Å². The van der Waals surface area contributed by atoms with Gasteiger partial charge in [-0.1, -0.05) is 0 Å². The Bertz CT molecular complexity index is 155. The fourth-order valence-corrected chi connectivity index (χ4v) is 1.94. The second-order valence-electron chi connectivity index (χ2n) is 3.96. The first-order valence-corrected chi connectivity index (χ1v) is 5.24. The molecule has 0 aliphatic carbocycles. The summed E-state index contributed by atoms with van der Waals surface area (Å²) in [6, 6.07) is 0. The van der Waals surface area contributed by atoms with Crippen molar-refractivity contribution in [3.8, 4) is 0 Å². The molecule has 1 rings (SSSR count). The van der Waals surface area contributed by atoms with Gasteiger partial charge in [-0.25, -0.2) is 0 Å². The Morgan fingerprint density at radius 1 is 1.50 bits per heavy atom. The lowest BCUT2D eigenvalue weighted by Gasteiger charge is -2.22. The van der Waals surface area contributed by atoms with Crippen LogP contribution in [0.3, 0.4) is 0 Å². The number of ether oxygens (including phenoxy) is 2. The first-order valence-electron chi connectivity index (χ1n) is 5.24. The molecule has 0 radical (unpaired) electrons. The Hall–Kier alpha value is -0.160. The average Bonchev–Trinajstić information content (AvgIpc) is 2.65. The molecule has 1 heterocycles. The lowest BCUT2D eigenvalue weighted by molar-refractivity contribution is 0.00954. The maximum atomic E-state index is 5.64. The molecule has 1 fully saturated rings. The van der Waals surface area contributed by atoms with Crippen LogP contribution in [0.5, 0.6) is 0 Å². The van der Waals surface area contributed by atoms with E-state index < -0.39 is 0 Å². The lowest BCUT2D eigenvalue weighted by Crippen LogP contribution is -2.35. The van der Waals surface area contributed by atoms with Gasteiger partial charge < -0.3 is 20.1 Å². The molecule has 2 unspecified atom stereocenters. The van der Waals surface area contributed by atoms with Crippen molar-refractivity contribution in [2.45, 2.75) is 12.5 Å². The Morgan fingerprint density at radius 3 is 2.79 bits per heavy atom. The summed E-state index contributed by atoms with van der Waals surface area (Å²) in [5.74, 6) is 0.676. The van der Waals surface area contributed by atoms with E-state index >= 15 is 0 Å². The topological polar surface area (TPSA) is 47.7 Å². The SMILES string of the molecule is COCC(CN1CCC(CN)C1)OC. The molecule has 2 N–H and O–H groups in total. The zero-order valence-corrected chi connectivity index (χ0v) is 9.24. The molecule has 0 aromatic rings. The van der Waals surface area contributed by atoms with Crippen molar-refractivity contribution in [3.63, 3.8) is 0 Å². The molecule has 0 bridgehead atoms. The van der Waals surface area contributed by atoms with Crippen molar-refractivity contribution >= 4 is 0 Å². The van der Waals surface area contributed by atoms with Gasteiger partial charge in [-0.05, 0) is 25.4 Å². The summed E-state index contributed by atoms with van der Waals surface area (Å²) in [7, 11) is 3.44. The number of methoxy groups -OCH3 is 2. The number of nitrogens with two attached hydrogens (primary N) is 1. The molecular formula is C10H22N2O2. The summed E-state index contributed by atoms with van der Waals surface area (Å²) in [6.45, 7) is 4.69. The summed E-state index contributed by atoms with van der Waals surface area (Å²) in [4.78, 5) is 2.41. The third-order valence-electron chi connectivity index (χ3n) is 2.85. The van der Waals surface area contributed by atoms with Crippen molar-refractivity contribution < 1.29 is 9.47 Å². The molecule has 84 valence electrons. The van der Waals surface area contributed by atoms with Gasteiger partial charge in [0.2, 0.25) is 0 Å². The van der Waals surface area contributed by atoms with Gasteiger partial charge >= 0.3 is 0 Å². The number of likely N-dealkylation sites (tertiary alicyclic amines) is 1. The van der Waals surface area contributed by atoms with Crippen molar-refractivity contribution in [3.05, 3.63) is 0 Å². The Kier molecular flexibility index (Phi) is 5.40. The highest BCUT2D eigenvalue weighted by Crippen LogP contribution is 2.15. The van der Waals surface area contributed by atoms with Crippen LogP contribution in [0.15, 0.2) is 0 Å². The van der Waals surface area contributed by atoms with Crippen LogP contribution in [0.2, 0.25) is 0 Å². The van der Waals surface area contributed by atoms with Gasteiger partial charge in [0.05, 0.1) is 12.7 Å². The minimum absolute atomic E-state index is 0.191. The molecule has 2 atom stereocenters. The Balaban J connectivity index is 2.22. The van der Waals surface area contributed by atoms with Gasteiger partial charge in [0.1, 0.15) is 0 Å². The van der Waals surface area contributed by atoms with Gasteiger partial charge in [0.25, 0.3) is 0 Å². The molecule has 0 saturated carbocycles. The van der Waals surface area contributed by atoms with Crippen LogP contribution in [-0.2, 0) is 9.47 Å². The molecule has 1 aliphatic rings. The number of rotatable bonds is 6. The van der Waals surface area contributed by atoms with E-state index in [4.69, 9.17) is 15.2 Å². The second kappa shape index (κ2) is 6.35. The molecule has 4 heteroatoms. The number of hydrogen-bond donors (Lipinski definition) is 1. The predicted molar refractivity (Wildman–Crippen MR) is 56.3 cm³/mol. The van der Waals surface area contributed by atoms with Crippen molar-refractivity contribution in [2.24, 2.45) is 11.7 Å². The van der Waals surface area contributed by atoms with Gasteiger partial charge in [0.15, 0.2) is 0 Å². The van der Waals surface area contributed by atoms with Crippen LogP contribution < -0.4 is 5.73 Å². The number of nitrogens with zero attached hydrogens (tertiary/aromatic N) is 1. The van der Waals surface area contributed by atoms with Gasteiger partial charge in [-0.3, -0.25) is 0 Å². The van der Waals surface area contributed by atoms with E-state index in [-0.39, 0.29) is 6.10 Å². The number of hydrogen-bond acceptors (Lipinski definition) is 4. The molecular weight excluding hydrogens is 180 g/mol. The summed E-state index contributed by atoms with van der Waals surface area (Å²) in [6.07, 6.45) is 1.41. The maximum Gasteiger partial charge on any atom is 0.0931 e. The minimum atomic E-state index is 0.191. The van der Waals surface area contributed by atoms with E-state index in [0.717, 1.165) is 26.2 Å². The average molecular weight is 202 g/mol. The van der Waals surface area contributed by atoms with Gasteiger partial charge in [-0.2, -0.15) is 0 Å². The third-order valence-corrected chi connectivity index (χ3v) is 2.85. The smallest absolute Gasteiger partial charge is 0.0931 e. The van der Waals surface area contributed by atoms with Crippen LogP contribution in [0.4, 0.5) is 0 Å². The van der Waals surface area contributed by atoms with E-state index in [1.54, 1.807) is 14.2 Å². The van der Waals surface area contributed by atoms with E-state index in [9.17, 15) is 0 Å². The van der Waals surface area contributed by atoms with Crippen molar-refractivity contribution in [1.82, 2.24) is 4.90 Å². The van der Waals surface area contributed by atoms with Crippen LogP contribution in [0.1, 0.15) is 6.42 Å². The zero-order valence-electron chi connectivity index (χ0n) is 9.24. The third kappa shape index (κ3) is 3.53. The van der Waals surface area contributed by atoms with E-state index in [0.29, 0.717) is 12.5 Å². The highest BCUT2D eigenvalue weighted by Gasteiger charge is 2.23. The Morgan fingerprint density at radius 2 is 2.29 bits per heavy atom. The minimum Gasteiger partial charge on any atom is -0.382 e. The van der Waals surface area contributed by atoms with Crippen molar-refractivity contribution in [1.29, 1.82) is 0 Å². The maximum absolute atomic E-state index is 5.64. The summed E-state index contributed by atoms with van der Waals surface area (Å²) in [5, 5.41) is 0. The van der Waals surface area contributed by atoms with Gasteiger partial charge in [0, 0.05) is 27.3 Å². The van der Waals surface area contributed by atoms with E-state index in [1.807, 2.05) is 0 Å². The molecule has 0 spiro atoms. The standard InChI is InChI=1S/C10H22N2O2/c1-13-8-10(14-2)7-12-4-3-9(5-11)6-12/h9-10H,3-8,11H2,1-2H3. The zero-order chi connectivity index (χ0) is 10.4. The first kappa shape index (κ1) is 11.9. The summed E-state index contributed by atoms with van der Waals surface area (Å²) >= 11 is 0. The molecule has 14 heavy (non-hydrogen) atoms. The van der Waals surface area contributed by atoms with Crippen LogP contribution in [0, 0.1) is 5.92 Å². The molecule has 0 aromatic heterocycles. The quantitative estimate of drug-likeness (QED) is 0.655. The van der Waals surface area contributed by atoms with Crippen LogP contribution in [0.25, 0.3) is 0 Å². The normalized spacial score (nSPS) is 25.5. The summed E-state index contributed by atoms with van der Waals surface area (Å²) in [5.41, 5.74) is 5.64. The van der Waals surface area contributed by atoms with Crippen LogP contribution >= 0.6 is 0 Å². The molecule has 0 amide bonds. The predicted octanol–water partition coefficient (Wildman–Crippen LogP) is -0.0716. The molecule has 1 aliphatic heterocycles. The van der Waals surface area contributed by atoms with Crippen molar-refractivity contribution in [2.75, 3.05) is 47.0 Å². The molecule has 1 saturated heterocycles. The molecule has 4 nitrogen and oxygen atoms in total. The molecule has 0 aromatic carbocycles. The Labute approximate surface area is 86.3 Å². The highest BCUT2D eigenvalue weighted by molar-refractivity contribution is 4.78. The highest BCUT2D eigenvalue weighted by atomic mass is 16.5. The first-order chi connectivity index (χ1) is 6.80.